The predicted octanol–water partition coefficient (Wildman–Crippen LogP) is 3.11. The smallest absolute Gasteiger partial charge is 0.422 e. The fourth-order valence-corrected chi connectivity index (χ4v) is 3.17. The van der Waals surface area contributed by atoms with Gasteiger partial charge in [0.1, 0.15) is 11.2 Å². The average Bonchev–Trinajstić information content (AvgIpc) is 3.02. The van der Waals surface area contributed by atoms with Crippen LogP contribution in [0.25, 0.3) is 0 Å². The van der Waals surface area contributed by atoms with E-state index in [4.69, 9.17) is 9.47 Å². The van der Waals surface area contributed by atoms with Gasteiger partial charge in [-0.15, -0.1) is 11.3 Å². The highest BCUT2D eigenvalue weighted by Crippen LogP contribution is 2.31. The van der Waals surface area contributed by atoms with Crippen molar-refractivity contribution in [2.24, 2.45) is 0 Å². The number of carbonyl (C=O) groups is 1. The largest absolute Gasteiger partial charge is 0.482 e. The number of aromatic nitrogens is 2. The maximum Gasteiger partial charge on any atom is 0.422 e. The van der Waals surface area contributed by atoms with Crippen LogP contribution in [0.5, 0.6) is 5.75 Å². The van der Waals surface area contributed by atoms with Crippen LogP contribution in [0.1, 0.15) is 21.4 Å². The van der Waals surface area contributed by atoms with Gasteiger partial charge >= 0.3 is 6.18 Å². The van der Waals surface area contributed by atoms with Gasteiger partial charge in [-0.05, 0) is 22.0 Å². The Morgan fingerprint density at radius 2 is 2.28 bits per heavy atom. The summed E-state index contributed by atoms with van der Waals surface area (Å²) in [6.07, 6.45) is -2.19. The third-order valence-corrected chi connectivity index (χ3v) is 4.63. The molecule has 0 radical (unpaired) electrons. The number of ether oxygens (including phenoxy) is 2. The zero-order chi connectivity index (χ0) is 18.0. The maximum absolute atomic E-state index is 12.4. The third-order valence-electron chi connectivity index (χ3n) is 3.29. The maximum atomic E-state index is 12.4. The number of rotatable bonds is 5. The van der Waals surface area contributed by atoms with E-state index in [0.717, 1.165) is 5.01 Å². The molecule has 2 aromatic rings. The van der Waals surface area contributed by atoms with Crippen LogP contribution in [0.15, 0.2) is 28.3 Å². The van der Waals surface area contributed by atoms with E-state index in [1.807, 2.05) is 5.38 Å². The lowest BCUT2D eigenvalue weighted by Gasteiger charge is -2.35. The summed E-state index contributed by atoms with van der Waals surface area (Å²) < 4.78 is 47.5. The molecule has 1 amide bonds. The molecule has 1 aliphatic rings. The summed E-state index contributed by atoms with van der Waals surface area (Å²) >= 11 is 4.53. The number of alkyl halides is 3. The first kappa shape index (κ1) is 18.1. The van der Waals surface area contributed by atoms with Gasteiger partial charge in [-0.3, -0.25) is 4.79 Å². The van der Waals surface area contributed by atoms with E-state index < -0.39 is 24.9 Å². The summed E-state index contributed by atoms with van der Waals surface area (Å²) in [7, 11) is 0. The van der Waals surface area contributed by atoms with E-state index in [2.05, 4.69) is 31.2 Å². The van der Waals surface area contributed by atoms with Crippen LogP contribution in [0, 0.1) is 0 Å². The molecular weight excluding hydrogens is 427 g/mol. The number of hydrogen-bond acceptors (Lipinski definition) is 6. The van der Waals surface area contributed by atoms with E-state index in [0.29, 0.717) is 11.1 Å². The molecule has 1 fully saturated rings. The number of thiazole rings is 1. The zero-order valence-corrected chi connectivity index (χ0v) is 14.8. The Kier molecular flexibility index (Phi) is 5.25. The highest BCUT2D eigenvalue weighted by molar-refractivity contribution is 9.10. The molecule has 3 heterocycles. The molecule has 0 aliphatic carbocycles. The molecule has 25 heavy (non-hydrogen) atoms. The molecular formula is C14H11BrF3N3O3S. The van der Waals surface area contributed by atoms with Crippen molar-refractivity contribution in [2.75, 3.05) is 13.2 Å². The minimum atomic E-state index is -4.52. The molecule has 2 unspecified atom stereocenters. The molecule has 1 N–H and O–H groups in total. The van der Waals surface area contributed by atoms with Gasteiger partial charge in [-0.25, -0.2) is 9.97 Å². The van der Waals surface area contributed by atoms with Gasteiger partial charge in [0.2, 0.25) is 0 Å². The normalized spacial score (nSPS) is 20.0. The molecule has 1 aliphatic heterocycles. The lowest BCUT2D eigenvalue weighted by Crippen LogP contribution is -2.50. The highest BCUT2D eigenvalue weighted by atomic mass is 79.9. The summed E-state index contributed by atoms with van der Waals surface area (Å²) in [5.41, 5.74) is -0.249. The van der Waals surface area contributed by atoms with Crippen molar-refractivity contribution < 1.29 is 27.4 Å². The number of hydrogen-bond donors (Lipinski definition) is 1. The Morgan fingerprint density at radius 3 is 2.88 bits per heavy atom. The molecule has 0 bridgehead atoms. The molecule has 134 valence electrons. The second-order valence-corrected chi connectivity index (χ2v) is 6.95. The number of nitrogens with zero attached hydrogens (tertiary/aromatic N) is 2. The van der Waals surface area contributed by atoms with E-state index >= 15 is 0 Å². The van der Waals surface area contributed by atoms with Crippen molar-refractivity contribution in [2.45, 2.75) is 18.3 Å². The number of amides is 1. The van der Waals surface area contributed by atoms with Crippen LogP contribution in [-0.4, -0.2) is 41.5 Å². The Bertz CT molecular complexity index is 758. The standard InChI is InChI=1S/C14H11BrF3N3O3S/c15-7-3-9(24-6-14(16,17)18)10(20-4-7)11(22)21-12-8(5-23-12)13-19-1-2-25-13/h1-4,8,12H,5-6H2,(H,21,22). The predicted molar refractivity (Wildman–Crippen MR) is 85.5 cm³/mol. The van der Waals surface area contributed by atoms with Crippen molar-refractivity contribution in [3.05, 3.63) is 39.0 Å². The fourth-order valence-electron chi connectivity index (χ4n) is 2.11. The molecule has 0 aromatic carbocycles. The quantitative estimate of drug-likeness (QED) is 0.777. The molecule has 2 aromatic heterocycles. The van der Waals surface area contributed by atoms with Crippen LogP contribution < -0.4 is 10.1 Å². The SMILES string of the molecule is O=C(NC1OCC1c1nccs1)c1ncc(Br)cc1OCC(F)(F)F. The first-order valence-corrected chi connectivity index (χ1v) is 8.68. The average molecular weight is 438 g/mol. The van der Waals surface area contributed by atoms with E-state index in [1.54, 1.807) is 6.20 Å². The Morgan fingerprint density at radius 1 is 1.48 bits per heavy atom. The van der Waals surface area contributed by atoms with Crippen molar-refractivity contribution in [1.82, 2.24) is 15.3 Å². The van der Waals surface area contributed by atoms with Crippen LogP contribution in [0.4, 0.5) is 13.2 Å². The first-order chi connectivity index (χ1) is 11.8. The van der Waals surface area contributed by atoms with Crippen LogP contribution in [0.2, 0.25) is 0 Å². The van der Waals surface area contributed by atoms with Crippen molar-refractivity contribution in [1.29, 1.82) is 0 Å². The second-order valence-electron chi connectivity index (χ2n) is 5.11. The van der Waals surface area contributed by atoms with Gasteiger partial charge in [-0.1, -0.05) is 0 Å². The lowest BCUT2D eigenvalue weighted by atomic mass is 10.1. The van der Waals surface area contributed by atoms with Crippen LogP contribution in [-0.2, 0) is 4.74 Å². The van der Waals surface area contributed by atoms with Crippen LogP contribution in [0.3, 0.4) is 0 Å². The molecule has 1 saturated heterocycles. The highest BCUT2D eigenvalue weighted by Gasteiger charge is 2.37. The van der Waals surface area contributed by atoms with Gasteiger partial charge in [0.05, 0.1) is 12.5 Å². The molecule has 3 rings (SSSR count). The summed E-state index contributed by atoms with van der Waals surface area (Å²) in [5, 5.41) is 5.22. The number of carbonyl (C=O) groups excluding carboxylic acids is 1. The Labute approximate surface area is 152 Å². The van der Waals surface area contributed by atoms with E-state index in [-0.39, 0.29) is 17.4 Å². The minimum Gasteiger partial charge on any atom is -0.482 e. The monoisotopic (exact) mass is 437 g/mol. The summed E-state index contributed by atoms with van der Waals surface area (Å²) in [5.74, 6) is -1.05. The van der Waals surface area contributed by atoms with Gasteiger partial charge in [0.15, 0.2) is 18.1 Å². The molecule has 0 saturated carbocycles. The van der Waals surface area contributed by atoms with Crippen molar-refractivity contribution in [3.8, 4) is 5.75 Å². The van der Waals surface area contributed by atoms with Crippen LogP contribution >= 0.6 is 27.3 Å². The summed E-state index contributed by atoms with van der Waals surface area (Å²) in [6, 6.07) is 1.26. The molecule has 0 spiro atoms. The van der Waals surface area contributed by atoms with E-state index in [1.165, 1.54) is 23.6 Å². The van der Waals surface area contributed by atoms with Gasteiger partial charge < -0.3 is 14.8 Å². The first-order valence-electron chi connectivity index (χ1n) is 7.00. The van der Waals surface area contributed by atoms with Crippen molar-refractivity contribution >= 4 is 33.2 Å². The van der Waals surface area contributed by atoms with Crippen molar-refractivity contribution in [3.63, 3.8) is 0 Å². The topological polar surface area (TPSA) is 73.3 Å². The van der Waals surface area contributed by atoms with E-state index in [9.17, 15) is 18.0 Å². The fraction of sp³-hybridized carbons (Fsp3) is 0.357. The number of halogens is 4. The van der Waals surface area contributed by atoms with Gasteiger partial charge in [0, 0.05) is 22.2 Å². The Hall–Kier alpha value is -1.72. The minimum absolute atomic E-state index is 0.0982. The summed E-state index contributed by atoms with van der Waals surface area (Å²) in [6.45, 7) is -1.11. The third kappa shape index (κ3) is 4.47. The molecule has 2 atom stereocenters. The molecule has 11 heteroatoms. The van der Waals surface area contributed by atoms with Gasteiger partial charge in [-0.2, -0.15) is 13.2 Å². The molecule has 6 nitrogen and oxygen atoms in total. The zero-order valence-electron chi connectivity index (χ0n) is 12.4. The number of pyridine rings is 1. The van der Waals surface area contributed by atoms with Gasteiger partial charge in [0.25, 0.3) is 5.91 Å². The Balaban J connectivity index is 1.71. The summed E-state index contributed by atoms with van der Waals surface area (Å²) in [4.78, 5) is 20.4. The second kappa shape index (κ2) is 7.26. The number of nitrogens with one attached hydrogen (secondary N) is 1. The lowest BCUT2D eigenvalue weighted by molar-refractivity contribution is -0.153.